The Morgan fingerprint density at radius 3 is 2.28 bits per heavy atom. The van der Waals surface area contributed by atoms with E-state index in [1.165, 1.54) is 5.56 Å². The van der Waals surface area contributed by atoms with Gasteiger partial charge in [-0.3, -0.25) is 4.79 Å². The summed E-state index contributed by atoms with van der Waals surface area (Å²) in [6, 6.07) is 23.6. The fourth-order valence-corrected chi connectivity index (χ4v) is 2.67. The predicted octanol–water partition coefficient (Wildman–Crippen LogP) is 4.60. The van der Waals surface area contributed by atoms with Crippen molar-refractivity contribution in [2.24, 2.45) is 0 Å². The molecule has 0 aliphatic carbocycles. The van der Waals surface area contributed by atoms with E-state index in [4.69, 9.17) is 4.74 Å². The van der Waals surface area contributed by atoms with Gasteiger partial charge in [-0.05, 0) is 36.2 Å². The van der Waals surface area contributed by atoms with E-state index in [-0.39, 0.29) is 5.91 Å². The van der Waals surface area contributed by atoms with Crippen molar-refractivity contribution in [1.82, 2.24) is 5.32 Å². The largest absolute Gasteiger partial charge is 0.496 e. The van der Waals surface area contributed by atoms with Gasteiger partial charge in [0.2, 0.25) is 0 Å². The molecule has 3 heteroatoms. The van der Waals surface area contributed by atoms with Gasteiger partial charge in [-0.15, -0.1) is 0 Å². The van der Waals surface area contributed by atoms with Crippen molar-refractivity contribution in [2.45, 2.75) is 13.5 Å². The van der Waals surface area contributed by atoms with Crippen molar-refractivity contribution in [3.8, 4) is 16.9 Å². The normalized spacial score (nSPS) is 10.3. The molecule has 0 unspecified atom stereocenters. The lowest BCUT2D eigenvalue weighted by Crippen LogP contribution is -2.22. The smallest absolute Gasteiger partial charge is 0.251 e. The average molecular weight is 331 g/mol. The van der Waals surface area contributed by atoms with Gasteiger partial charge in [0, 0.05) is 17.7 Å². The minimum atomic E-state index is -0.0767. The second-order valence-corrected chi connectivity index (χ2v) is 5.95. The van der Waals surface area contributed by atoms with Gasteiger partial charge >= 0.3 is 0 Å². The molecular formula is C22H21NO2. The molecule has 3 nitrogen and oxygen atoms in total. The highest BCUT2D eigenvalue weighted by molar-refractivity contribution is 5.94. The maximum absolute atomic E-state index is 12.3. The van der Waals surface area contributed by atoms with Gasteiger partial charge in [0.25, 0.3) is 5.91 Å². The number of nitrogens with one attached hydrogen (secondary N) is 1. The van der Waals surface area contributed by atoms with Gasteiger partial charge in [0.1, 0.15) is 5.75 Å². The first-order valence-corrected chi connectivity index (χ1v) is 8.24. The number of hydrogen-bond donors (Lipinski definition) is 1. The van der Waals surface area contributed by atoms with Crippen LogP contribution in [0.25, 0.3) is 11.1 Å². The van der Waals surface area contributed by atoms with E-state index < -0.39 is 0 Å². The lowest BCUT2D eigenvalue weighted by atomic mass is 10.0. The van der Waals surface area contributed by atoms with Crippen LogP contribution in [0.5, 0.6) is 5.75 Å². The van der Waals surface area contributed by atoms with Crippen LogP contribution >= 0.6 is 0 Å². The zero-order valence-corrected chi connectivity index (χ0v) is 14.5. The minimum absolute atomic E-state index is 0.0767. The van der Waals surface area contributed by atoms with Crippen LogP contribution in [0.3, 0.4) is 0 Å². The Morgan fingerprint density at radius 2 is 1.60 bits per heavy atom. The Balaban J connectivity index is 1.69. The number of carbonyl (C=O) groups excluding carboxylic acids is 1. The Kier molecular flexibility index (Phi) is 5.14. The first-order valence-electron chi connectivity index (χ1n) is 8.24. The Bertz CT molecular complexity index is 852. The lowest BCUT2D eigenvalue weighted by Gasteiger charge is -2.09. The second kappa shape index (κ2) is 7.67. The third-order valence-corrected chi connectivity index (χ3v) is 4.14. The first-order chi connectivity index (χ1) is 12.2. The standard InChI is InChI=1S/C22H21NO2/c1-16-7-9-17(10-8-16)15-23-22(24)19-13-11-18(12-14-19)20-5-3-4-6-21(20)25-2/h3-14H,15H2,1-2H3,(H,23,24). The van der Waals surface area contributed by atoms with Crippen LogP contribution in [0, 0.1) is 6.92 Å². The molecular weight excluding hydrogens is 310 g/mol. The molecule has 0 saturated heterocycles. The van der Waals surface area contributed by atoms with Crippen molar-refractivity contribution in [3.05, 3.63) is 89.5 Å². The molecule has 0 fully saturated rings. The predicted molar refractivity (Wildman–Crippen MR) is 101 cm³/mol. The van der Waals surface area contributed by atoms with E-state index in [9.17, 15) is 4.79 Å². The van der Waals surface area contributed by atoms with Crippen LogP contribution in [0.15, 0.2) is 72.8 Å². The highest BCUT2D eigenvalue weighted by atomic mass is 16.5. The number of amides is 1. The third-order valence-electron chi connectivity index (χ3n) is 4.14. The zero-order valence-electron chi connectivity index (χ0n) is 14.5. The molecule has 0 aliphatic heterocycles. The summed E-state index contributed by atoms with van der Waals surface area (Å²) in [5.41, 5.74) is 4.97. The van der Waals surface area contributed by atoms with Crippen molar-refractivity contribution in [3.63, 3.8) is 0 Å². The third kappa shape index (κ3) is 4.07. The summed E-state index contributed by atoms with van der Waals surface area (Å²) in [5.74, 6) is 0.742. The number of methoxy groups -OCH3 is 1. The number of hydrogen-bond acceptors (Lipinski definition) is 2. The monoisotopic (exact) mass is 331 g/mol. The summed E-state index contributed by atoms with van der Waals surface area (Å²) in [6.45, 7) is 2.57. The van der Waals surface area contributed by atoms with Gasteiger partial charge in [-0.25, -0.2) is 0 Å². The maximum Gasteiger partial charge on any atom is 0.251 e. The van der Waals surface area contributed by atoms with E-state index in [1.54, 1.807) is 7.11 Å². The summed E-state index contributed by atoms with van der Waals surface area (Å²) >= 11 is 0. The molecule has 3 aromatic carbocycles. The van der Waals surface area contributed by atoms with Crippen molar-refractivity contribution >= 4 is 5.91 Å². The molecule has 0 bridgehead atoms. The molecule has 1 N–H and O–H groups in total. The molecule has 0 spiro atoms. The molecule has 3 aromatic rings. The fraction of sp³-hybridized carbons (Fsp3) is 0.136. The van der Waals surface area contributed by atoms with Crippen molar-refractivity contribution in [1.29, 1.82) is 0 Å². The molecule has 126 valence electrons. The van der Waals surface area contributed by atoms with Gasteiger partial charge in [0.05, 0.1) is 7.11 Å². The van der Waals surface area contributed by atoms with E-state index in [0.717, 1.165) is 22.4 Å². The van der Waals surface area contributed by atoms with Gasteiger partial charge in [-0.1, -0.05) is 60.2 Å². The second-order valence-electron chi connectivity index (χ2n) is 5.95. The highest BCUT2D eigenvalue weighted by Crippen LogP contribution is 2.29. The summed E-state index contributed by atoms with van der Waals surface area (Å²) < 4.78 is 5.39. The first kappa shape index (κ1) is 16.8. The molecule has 25 heavy (non-hydrogen) atoms. The van der Waals surface area contributed by atoms with Gasteiger partial charge in [-0.2, -0.15) is 0 Å². The number of benzene rings is 3. The van der Waals surface area contributed by atoms with Crippen LogP contribution in [-0.2, 0) is 6.54 Å². The van der Waals surface area contributed by atoms with Gasteiger partial charge in [0.15, 0.2) is 0 Å². The SMILES string of the molecule is COc1ccccc1-c1ccc(C(=O)NCc2ccc(C)cc2)cc1. The van der Waals surface area contributed by atoms with Crippen molar-refractivity contribution < 1.29 is 9.53 Å². The molecule has 1 amide bonds. The van der Waals surface area contributed by atoms with E-state index in [2.05, 4.69) is 5.32 Å². The molecule has 0 aliphatic rings. The Hall–Kier alpha value is -3.07. The van der Waals surface area contributed by atoms with E-state index in [0.29, 0.717) is 12.1 Å². The molecule has 3 rings (SSSR count). The number of ether oxygens (including phenoxy) is 1. The summed E-state index contributed by atoms with van der Waals surface area (Å²) in [6.07, 6.45) is 0. The van der Waals surface area contributed by atoms with Crippen LogP contribution in [-0.4, -0.2) is 13.0 Å². The van der Waals surface area contributed by atoms with Crippen LogP contribution < -0.4 is 10.1 Å². The Labute approximate surface area is 148 Å². The minimum Gasteiger partial charge on any atom is -0.496 e. The van der Waals surface area contributed by atoms with E-state index in [1.807, 2.05) is 79.7 Å². The maximum atomic E-state index is 12.3. The molecule has 0 aromatic heterocycles. The number of carbonyl (C=O) groups is 1. The Morgan fingerprint density at radius 1 is 0.920 bits per heavy atom. The summed E-state index contributed by atoms with van der Waals surface area (Å²) in [7, 11) is 1.66. The zero-order chi connectivity index (χ0) is 17.6. The molecule has 0 heterocycles. The summed E-state index contributed by atoms with van der Waals surface area (Å²) in [5, 5.41) is 2.95. The van der Waals surface area contributed by atoms with Crippen LogP contribution in [0.4, 0.5) is 0 Å². The average Bonchev–Trinajstić information content (AvgIpc) is 2.67. The highest BCUT2D eigenvalue weighted by Gasteiger charge is 2.08. The molecule has 0 saturated carbocycles. The number of rotatable bonds is 5. The van der Waals surface area contributed by atoms with E-state index >= 15 is 0 Å². The quantitative estimate of drug-likeness (QED) is 0.742. The number of para-hydroxylation sites is 1. The van der Waals surface area contributed by atoms with Crippen LogP contribution in [0.1, 0.15) is 21.5 Å². The van der Waals surface area contributed by atoms with Gasteiger partial charge < -0.3 is 10.1 Å². The molecule has 0 radical (unpaired) electrons. The van der Waals surface area contributed by atoms with Crippen molar-refractivity contribution in [2.75, 3.05) is 7.11 Å². The fourth-order valence-electron chi connectivity index (χ4n) is 2.67. The summed E-state index contributed by atoms with van der Waals surface area (Å²) in [4.78, 5) is 12.3. The molecule has 0 atom stereocenters. The van der Waals surface area contributed by atoms with Crippen LogP contribution in [0.2, 0.25) is 0 Å². The topological polar surface area (TPSA) is 38.3 Å². The number of aryl methyl sites for hydroxylation is 1. The lowest BCUT2D eigenvalue weighted by molar-refractivity contribution is 0.0951.